The van der Waals surface area contributed by atoms with Gasteiger partial charge in [0.25, 0.3) is 0 Å². The molecule has 2 rings (SSSR count). The largest absolute Gasteiger partial charge is 0.354 e. The van der Waals surface area contributed by atoms with Gasteiger partial charge in [0.2, 0.25) is 23.6 Å². The molecule has 0 aromatic carbocycles. The number of ketones is 1. The van der Waals surface area contributed by atoms with Crippen LogP contribution in [0.3, 0.4) is 0 Å². The Morgan fingerprint density at radius 2 is 0.980 bits per heavy atom. The summed E-state index contributed by atoms with van der Waals surface area (Å²) in [6.07, 6.45) is 27.5. The molecule has 3 unspecified atom stereocenters. The number of rotatable bonds is 29. The maximum atomic E-state index is 13.2. The molecule has 4 amide bonds. The van der Waals surface area contributed by atoms with Gasteiger partial charge in [-0.05, 0) is 64.7 Å². The van der Waals surface area contributed by atoms with Crippen LogP contribution in [0.1, 0.15) is 194 Å². The Labute approximate surface area is 305 Å². The summed E-state index contributed by atoms with van der Waals surface area (Å²) in [6, 6.07) is -1.49. The highest BCUT2D eigenvalue weighted by Gasteiger charge is 2.35. The van der Waals surface area contributed by atoms with E-state index in [2.05, 4.69) is 24.5 Å². The fraction of sp³-hybridized carbons (Fsp3) is 0.878. The molecule has 2 fully saturated rings. The molecule has 0 aromatic heterocycles. The monoisotopic (exact) mass is 703 g/mol. The van der Waals surface area contributed by atoms with Crippen molar-refractivity contribution in [2.45, 2.75) is 212 Å². The minimum atomic E-state index is -0.600. The lowest BCUT2D eigenvalue weighted by atomic mass is 10.0. The van der Waals surface area contributed by atoms with E-state index >= 15 is 0 Å². The topological polar surface area (TPSA) is 116 Å². The SMILES string of the molecule is CCCCCCCCCCCC(=O)N1CCCC1C(=O)NCCCCC(NC(=O)C1CCCN1C(=O)CCCCCCCCCCC)C(C)=O. The summed E-state index contributed by atoms with van der Waals surface area (Å²) in [5.41, 5.74) is 0. The number of likely N-dealkylation sites (tertiary alicyclic amines) is 2. The van der Waals surface area contributed by atoms with Crippen molar-refractivity contribution in [1.29, 1.82) is 0 Å². The van der Waals surface area contributed by atoms with Crippen molar-refractivity contribution in [3.63, 3.8) is 0 Å². The number of amides is 4. The van der Waals surface area contributed by atoms with Crippen LogP contribution in [0, 0.1) is 0 Å². The van der Waals surface area contributed by atoms with E-state index in [9.17, 15) is 24.0 Å². The van der Waals surface area contributed by atoms with Gasteiger partial charge in [-0.2, -0.15) is 0 Å². The van der Waals surface area contributed by atoms with Crippen molar-refractivity contribution in [2.24, 2.45) is 0 Å². The predicted molar refractivity (Wildman–Crippen MR) is 203 cm³/mol. The van der Waals surface area contributed by atoms with Crippen LogP contribution in [0.25, 0.3) is 0 Å². The Kier molecular flexibility index (Phi) is 23.8. The number of nitrogens with one attached hydrogen (secondary N) is 2. The highest BCUT2D eigenvalue weighted by Crippen LogP contribution is 2.22. The molecular weight excluding hydrogens is 628 g/mol. The van der Waals surface area contributed by atoms with Crippen molar-refractivity contribution in [3.8, 4) is 0 Å². The number of carbonyl (C=O) groups excluding carboxylic acids is 5. The van der Waals surface area contributed by atoms with Crippen LogP contribution in [-0.2, 0) is 24.0 Å². The minimum Gasteiger partial charge on any atom is -0.354 e. The van der Waals surface area contributed by atoms with E-state index in [4.69, 9.17) is 0 Å². The van der Waals surface area contributed by atoms with Gasteiger partial charge in [-0.3, -0.25) is 24.0 Å². The molecule has 2 aliphatic heterocycles. The molecule has 2 saturated heterocycles. The predicted octanol–water partition coefficient (Wildman–Crippen LogP) is 8.17. The molecule has 288 valence electrons. The zero-order valence-corrected chi connectivity index (χ0v) is 32.4. The Hall–Kier alpha value is -2.45. The molecule has 0 aliphatic carbocycles. The minimum absolute atomic E-state index is 0.0479. The van der Waals surface area contributed by atoms with Crippen LogP contribution < -0.4 is 10.6 Å². The Balaban J connectivity index is 1.63. The third-order valence-corrected chi connectivity index (χ3v) is 10.8. The van der Waals surface area contributed by atoms with Crippen molar-refractivity contribution >= 4 is 29.4 Å². The Bertz CT molecular complexity index is 988. The molecule has 0 radical (unpaired) electrons. The van der Waals surface area contributed by atoms with E-state index in [-0.39, 0.29) is 35.5 Å². The lowest BCUT2D eigenvalue weighted by molar-refractivity contribution is -0.139. The van der Waals surface area contributed by atoms with Gasteiger partial charge in [0, 0.05) is 32.5 Å². The average molecular weight is 703 g/mol. The first kappa shape index (κ1) is 43.7. The normalized spacial score (nSPS) is 18.0. The molecule has 2 heterocycles. The molecule has 9 heteroatoms. The van der Waals surface area contributed by atoms with E-state index in [1.54, 1.807) is 9.80 Å². The van der Waals surface area contributed by atoms with E-state index in [0.29, 0.717) is 64.6 Å². The van der Waals surface area contributed by atoms with Gasteiger partial charge in [-0.25, -0.2) is 0 Å². The summed E-state index contributed by atoms with van der Waals surface area (Å²) in [6.45, 7) is 7.68. The number of hydrogen-bond donors (Lipinski definition) is 2. The van der Waals surface area contributed by atoms with Crippen molar-refractivity contribution in [3.05, 3.63) is 0 Å². The molecule has 0 aromatic rings. The highest BCUT2D eigenvalue weighted by molar-refractivity contribution is 5.92. The number of Topliss-reactive ketones (excluding diaryl/α,β-unsaturated/α-hetero) is 1. The quantitative estimate of drug-likeness (QED) is 0.0763. The van der Waals surface area contributed by atoms with Crippen LogP contribution in [0.4, 0.5) is 0 Å². The first-order valence-electron chi connectivity index (χ1n) is 21.0. The smallest absolute Gasteiger partial charge is 0.243 e. The van der Waals surface area contributed by atoms with Crippen molar-refractivity contribution < 1.29 is 24.0 Å². The van der Waals surface area contributed by atoms with Crippen LogP contribution >= 0.6 is 0 Å². The van der Waals surface area contributed by atoms with Crippen LogP contribution in [0.15, 0.2) is 0 Å². The molecule has 3 atom stereocenters. The summed E-state index contributed by atoms with van der Waals surface area (Å²) in [7, 11) is 0. The average Bonchev–Trinajstić information content (AvgIpc) is 3.80. The van der Waals surface area contributed by atoms with Gasteiger partial charge in [0.05, 0.1) is 6.04 Å². The van der Waals surface area contributed by atoms with E-state index < -0.39 is 12.1 Å². The zero-order valence-electron chi connectivity index (χ0n) is 32.4. The molecule has 0 spiro atoms. The zero-order chi connectivity index (χ0) is 36.4. The highest BCUT2D eigenvalue weighted by atomic mass is 16.2. The molecule has 0 bridgehead atoms. The summed E-state index contributed by atoms with van der Waals surface area (Å²) in [4.78, 5) is 68.0. The second-order valence-electron chi connectivity index (χ2n) is 15.1. The van der Waals surface area contributed by atoms with E-state index in [1.807, 2.05) is 0 Å². The maximum absolute atomic E-state index is 13.2. The number of nitrogens with zero attached hydrogens (tertiary/aromatic N) is 2. The van der Waals surface area contributed by atoms with Crippen LogP contribution in [0.5, 0.6) is 0 Å². The van der Waals surface area contributed by atoms with E-state index in [1.165, 1.54) is 90.4 Å². The fourth-order valence-corrected chi connectivity index (χ4v) is 7.58. The van der Waals surface area contributed by atoms with Crippen LogP contribution in [0.2, 0.25) is 0 Å². The molecule has 0 saturated carbocycles. The summed E-state index contributed by atoms with van der Waals surface area (Å²) < 4.78 is 0. The second kappa shape index (κ2) is 27.2. The Morgan fingerprint density at radius 3 is 1.42 bits per heavy atom. The van der Waals surface area contributed by atoms with Gasteiger partial charge < -0.3 is 20.4 Å². The molecular formula is C41H74N4O5. The number of carbonyl (C=O) groups is 5. The lowest BCUT2D eigenvalue weighted by Gasteiger charge is -2.26. The van der Waals surface area contributed by atoms with E-state index in [0.717, 1.165) is 44.9 Å². The third kappa shape index (κ3) is 17.7. The number of unbranched alkanes of at least 4 members (excludes halogenated alkanes) is 17. The van der Waals surface area contributed by atoms with Crippen molar-refractivity contribution in [2.75, 3.05) is 19.6 Å². The summed E-state index contributed by atoms with van der Waals surface area (Å²) in [5.74, 6) is -0.277. The van der Waals surface area contributed by atoms with Gasteiger partial charge in [-0.15, -0.1) is 0 Å². The van der Waals surface area contributed by atoms with Gasteiger partial charge >= 0.3 is 0 Å². The molecule has 2 aliphatic rings. The van der Waals surface area contributed by atoms with Crippen LogP contribution in [-0.4, -0.2) is 77.0 Å². The molecule has 2 N–H and O–H groups in total. The summed E-state index contributed by atoms with van der Waals surface area (Å²) >= 11 is 0. The first-order chi connectivity index (χ1) is 24.3. The van der Waals surface area contributed by atoms with Gasteiger partial charge in [0.15, 0.2) is 5.78 Å². The number of hydrogen-bond acceptors (Lipinski definition) is 5. The molecule has 50 heavy (non-hydrogen) atoms. The first-order valence-corrected chi connectivity index (χ1v) is 21.0. The summed E-state index contributed by atoms with van der Waals surface area (Å²) in [5, 5.41) is 5.94. The third-order valence-electron chi connectivity index (χ3n) is 10.8. The second-order valence-corrected chi connectivity index (χ2v) is 15.1. The standard InChI is InChI=1S/C41H74N4O5/c1-4-6-8-10-12-14-16-18-20-29-38(47)44-32-24-27-36(44)40(49)42-31-23-22-26-35(34(3)46)43-41(50)37-28-25-33-45(37)39(48)30-21-19-17-15-13-11-9-7-5-2/h35-37H,4-33H2,1-3H3,(H,42,49)(H,43,50). The maximum Gasteiger partial charge on any atom is 0.243 e. The lowest BCUT2D eigenvalue weighted by Crippen LogP contribution is -2.50. The Morgan fingerprint density at radius 1 is 0.560 bits per heavy atom. The van der Waals surface area contributed by atoms with Gasteiger partial charge in [0.1, 0.15) is 12.1 Å². The van der Waals surface area contributed by atoms with Crippen molar-refractivity contribution in [1.82, 2.24) is 20.4 Å². The fourth-order valence-electron chi connectivity index (χ4n) is 7.58. The van der Waals surface area contributed by atoms with Gasteiger partial charge in [-0.1, -0.05) is 117 Å². The molecule has 9 nitrogen and oxygen atoms in total.